The fourth-order valence-electron chi connectivity index (χ4n) is 2.15. The van der Waals surface area contributed by atoms with Gasteiger partial charge in [-0.1, -0.05) is 13.8 Å². The lowest BCUT2D eigenvalue weighted by Crippen LogP contribution is -2.39. The minimum atomic E-state index is 0. The number of rotatable bonds is 5. The van der Waals surface area contributed by atoms with E-state index in [1.54, 1.807) is 7.11 Å². The maximum atomic E-state index is 11.9. The number of methoxy groups -OCH3 is 1. The second kappa shape index (κ2) is 8.73. The molecular formula is C13H27ClN2O2. The number of carbonyl (C=O) groups is 1. The van der Waals surface area contributed by atoms with Crippen molar-refractivity contribution in [3.8, 4) is 0 Å². The summed E-state index contributed by atoms with van der Waals surface area (Å²) in [4.78, 5) is 13.9. The molecule has 0 radical (unpaired) electrons. The lowest BCUT2D eigenvalue weighted by Gasteiger charge is -2.23. The van der Waals surface area contributed by atoms with Gasteiger partial charge in [0.25, 0.3) is 0 Å². The van der Waals surface area contributed by atoms with E-state index in [0.717, 1.165) is 32.5 Å². The van der Waals surface area contributed by atoms with Gasteiger partial charge >= 0.3 is 0 Å². The quantitative estimate of drug-likeness (QED) is 0.778. The smallest absolute Gasteiger partial charge is 0.236 e. The Morgan fingerprint density at radius 2 is 2.06 bits per heavy atom. The minimum Gasteiger partial charge on any atom is -0.383 e. The molecule has 0 aliphatic carbocycles. The summed E-state index contributed by atoms with van der Waals surface area (Å²) in [5, 5.41) is 3.11. The minimum absolute atomic E-state index is 0. The van der Waals surface area contributed by atoms with Crippen molar-refractivity contribution < 1.29 is 9.53 Å². The average Bonchev–Trinajstić information content (AvgIpc) is 2.45. The Morgan fingerprint density at radius 3 is 2.72 bits per heavy atom. The van der Waals surface area contributed by atoms with E-state index in [1.807, 2.05) is 4.90 Å². The zero-order chi connectivity index (χ0) is 12.7. The molecule has 4 nitrogen and oxygen atoms in total. The summed E-state index contributed by atoms with van der Waals surface area (Å²) in [6.07, 6.45) is 3.45. The van der Waals surface area contributed by atoms with Crippen molar-refractivity contribution >= 4 is 18.3 Å². The van der Waals surface area contributed by atoms with Crippen LogP contribution in [-0.4, -0.2) is 50.7 Å². The van der Waals surface area contributed by atoms with E-state index >= 15 is 0 Å². The molecule has 0 aromatic rings. The first kappa shape index (κ1) is 17.7. The molecule has 0 atom stereocenters. The van der Waals surface area contributed by atoms with Gasteiger partial charge in [0.1, 0.15) is 0 Å². The third-order valence-corrected chi connectivity index (χ3v) is 3.45. The van der Waals surface area contributed by atoms with Crippen molar-refractivity contribution in [2.45, 2.75) is 33.1 Å². The van der Waals surface area contributed by atoms with Crippen molar-refractivity contribution in [3.63, 3.8) is 0 Å². The van der Waals surface area contributed by atoms with Crippen molar-refractivity contribution in [1.82, 2.24) is 10.2 Å². The van der Waals surface area contributed by atoms with Gasteiger partial charge in [0.2, 0.25) is 5.91 Å². The lowest BCUT2D eigenvalue weighted by molar-refractivity contribution is -0.130. The van der Waals surface area contributed by atoms with Gasteiger partial charge in [0, 0.05) is 26.7 Å². The van der Waals surface area contributed by atoms with E-state index in [4.69, 9.17) is 4.74 Å². The van der Waals surface area contributed by atoms with Gasteiger partial charge in [-0.25, -0.2) is 0 Å². The average molecular weight is 279 g/mol. The van der Waals surface area contributed by atoms with Crippen LogP contribution in [0.15, 0.2) is 0 Å². The van der Waals surface area contributed by atoms with Crippen molar-refractivity contribution in [2.75, 3.05) is 39.9 Å². The summed E-state index contributed by atoms with van der Waals surface area (Å²) < 4.78 is 4.93. The second-order valence-electron chi connectivity index (χ2n) is 5.57. The number of likely N-dealkylation sites (tertiary alicyclic amines) is 1. The summed E-state index contributed by atoms with van der Waals surface area (Å²) in [6.45, 7) is 8.22. The molecule has 1 aliphatic rings. The Balaban J connectivity index is 0.00000289. The molecule has 0 spiro atoms. The molecule has 1 fully saturated rings. The fourth-order valence-corrected chi connectivity index (χ4v) is 2.15. The molecule has 18 heavy (non-hydrogen) atoms. The number of hydrogen-bond donors (Lipinski definition) is 1. The van der Waals surface area contributed by atoms with Crippen LogP contribution in [0.4, 0.5) is 0 Å². The molecule has 108 valence electrons. The van der Waals surface area contributed by atoms with E-state index in [0.29, 0.717) is 18.6 Å². The number of nitrogens with zero attached hydrogens (tertiary/aromatic N) is 1. The Hall–Kier alpha value is -0.320. The third kappa shape index (κ3) is 6.57. The maximum Gasteiger partial charge on any atom is 0.236 e. The first-order valence-electron chi connectivity index (χ1n) is 6.52. The molecule has 1 N–H and O–H groups in total. The Labute approximate surface area is 117 Å². The third-order valence-electron chi connectivity index (χ3n) is 3.45. The number of halogens is 1. The standard InChI is InChI=1S/C13H26N2O2.ClH/c1-13(2)5-4-8-15(9-6-13)12(16)11-14-7-10-17-3;/h14H,4-11H2,1-3H3;1H. The van der Waals surface area contributed by atoms with Gasteiger partial charge in [-0.2, -0.15) is 0 Å². The van der Waals surface area contributed by atoms with Crippen LogP contribution >= 0.6 is 12.4 Å². The van der Waals surface area contributed by atoms with Crippen LogP contribution in [0.2, 0.25) is 0 Å². The number of carbonyl (C=O) groups excluding carboxylic acids is 1. The lowest BCUT2D eigenvalue weighted by atomic mass is 9.85. The van der Waals surface area contributed by atoms with E-state index in [2.05, 4.69) is 19.2 Å². The number of hydrogen-bond acceptors (Lipinski definition) is 3. The van der Waals surface area contributed by atoms with Gasteiger partial charge in [-0.15, -0.1) is 12.4 Å². The number of nitrogens with one attached hydrogen (secondary N) is 1. The zero-order valence-electron chi connectivity index (χ0n) is 11.8. The molecule has 5 heteroatoms. The molecule has 0 bridgehead atoms. The van der Waals surface area contributed by atoms with Crippen LogP contribution in [0, 0.1) is 5.41 Å². The van der Waals surface area contributed by atoms with Crippen LogP contribution in [0.3, 0.4) is 0 Å². The van der Waals surface area contributed by atoms with Gasteiger partial charge < -0.3 is 15.0 Å². The summed E-state index contributed by atoms with van der Waals surface area (Å²) in [7, 11) is 1.67. The zero-order valence-corrected chi connectivity index (χ0v) is 12.6. The number of ether oxygens (including phenoxy) is 1. The Morgan fingerprint density at radius 1 is 1.33 bits per heavy atom. The highest BCUT2D eigenvalue weighted by Gasteiger charge is 2.24. The van der Waals surface area contributed by atoms with E-state index < -0.39 is 0 Å². The van der Waals surface area contributed by atoms with Gasteiger partial charge in [-0.3, -0.25) is 4.79 Å². The summed E-state index contributed by atoms with van der Waals surface area (Å²) in [6, 6.07) is 0. The first-order valence-corrected chi connectivity index (χ1v) is 6.52. The molecule has 0 unspecified atom stereocenters. The molecule has 0 aromatic heterocycles. The van der Waals surface area contributed by atoms with Crippen molar-refractivity contribution in [2.24, 2.45) is 5.41 Å². The van der Waals surface area contributed by atoms with Crippen LogP contribution in [-0.2, 0) is 9.53 Å². The van der Waals surface area contributed by atoms with E-state index in [1.165, 1.54) is 6.42 Å². The largest absolute Gasteiger partial charge is 0.383 e. The highest BCUT2D eigenvalue weighted by atomic mass is 35.5. The van der Waals surface area contributed by atoms with Crippen molar-refractivity contribution in [3.05, 3.63) is 0 Å². The number of amides is 1. The van der Waals surface area contributed by atoms with Crippen LogP contribution in [0.1, 0.15) is 33.1 Å². The summed E-state index contributed by atoms with van der Waals surface area (Å²) >= 11 is 0. The van der Waals surface area contributed by atoms with Gasteiger partial charge in [0.05, 0.1) is 13.2 Å². The highest BCUT2D eigenvalue weighted by molar-refractivity contribution is 5.85. The molecule has 1 heterocycles. The van der Waals surface area contributed by atoms with Gasteiger partial charge in [0.15, 0.2) is 0 Å². The molecule has 1 rings (SSSR count). The van der Waals surface area contributed by atoms with E-state index in [-0.39, 0.29) is 18.3 Å². The molecule has 1 aliphatic heterocycles. The molecule has 0 saturated carbocycles. The predicted molar refractivity (Wildman–Crippen MR) is 76.2 cm³/mol. The fraction of sp³-hybridized carbons (Fsp3) is 0.923. The maximum absolute atomic E-state index is 11.9. The molecule has 1 amide bonds. The SMILES string of the molecule is COCCNCC(=O)N1CCCC(C)(C)CC1.Cl. The molecule has 0 aromatic carbocycles. The molecular weight excluding hydrogens is 252 g/mol. The van der Waals surface area contributed by atoms with Crippen LogP contribution in [0.5, 0.6) is 0 Å². The Bertz CT molecular complexity index is 247. The molecule has 1 saturated heterocycles. The second-order valence-corrected chi connectivity index (χ2v) is 5.57. The summed E-state index contributed by atoms with van der Waals surface area (Å²) in [5.74, 6) is 0.221. The van der Waals surface area contributed by atoms with Crippen LogP contribution < -0.4 is 5.32 Å². The first-order chi connectivity index (χ1) is 8.05. The summed E-state index contributed by atoms with van der Waals surface area (Å²) in [5.41, 5.74) is 0.387. The van der Waals surface area contributed by atoms with Gasteiger partial charge in [-0.05, 0) is 24.7 Å². The van der Waals surface area contributed by atoms with Crippen LogP contribution in [0.25, 0.3) is 0 Å². The topological polar surface area (TPSA) is 41.6 Å². The van der Waals surface area contributed by atoms with Crippen molar-refractivity contribution in [1.29, 1.82) is 0 Å². The highest BCUT2D eigenvalue weighted by Crippen LogP contribution is 2.29. The Kier molecular flexibility index (Phi) is 8.57. The predicted octanol–water partition coefficient (Wildman–Crippen LogP) is 1.68. The van der Waals surface area contributed by atoms with E-state index in [9.17, 15) is 4.79 Å². The normalized spacial score (nSPS) is 18.9. The monoisotopic (exact) mass is 278 g/mol.